The number of benzene rings is 1. The Morgan fingerprint density at radius 2 is 2.10 bits per heavy atom. The molecule has 2 aliphatic rings. The largest absolute Gasteiger partial charge is 0.376 e. The zero-order chi connectivity index (χ0) is 13.7. The fourth-order valence-electron chi connectivity index (χ4n) is 3.26. The lowest BCUT2D eigenvalue weighted by molar-refractivity contribution is -0.382. The minimum absolute atomic E-state index is 0.133. The van der Waals surface area contributed by atoms with E-state index in [4.69, 9.17) is 0 Å². The van der Waals surface area contributed by atoms with Gasteiger partial charge in [-0.25, -0.2) is 0 Å². The Morgan fingerprint density at radius 3 is 2.85 bits per heavy atom. The number of hydrogen-bond donors (Lipinski definition) is 2. The van der Waals surface area contributed by atoms with Crippen molar-refractivity contribution in [3.63, 3.8) is 0 Å². The number of nitrogens with zero attached hydrogens (tertiary/aromatic N) is 2. The number of nitro benzene ring substituents is 1. The van der Waals surface area contributed by atoms with Crippen LogP contribution in [0.4, 0.5) is 11.4 Å². The summed E-state index contributed by atoms with van der Waals surface area (Å²) < 4.78 is 0. The molecular formula is C14H14N4O2. The fraction of sp³-hybridized carbons (Fsp3) is 0.357. The molecule has 102 valence electrons. The van der Waals surface area contributed by atoms with Crippen molar-refractivity contribution < 1.29 is 4.92 Å². The molecular weight excluding hydrogens is 256 g/mol. The average Bonchev–Trinajstić information content (AvgIpc) is 2.88. The van der Waals surface area contributed by atoms with Crippen molar-refractivity contribution in [1.29, 1.82) is 0 Å². The monoisotopic (exact) mass is 270 g/mol. The van der Waals surface area contributed by atoms with Crippen LogP contribution >= 0.6 is 0 Å². The summed E-state index contributed by atoms with van der Waals surface area (Å²) in [4.78, 5) is 15.3. The van der Waals surface area contributed by atoms with Crippen molar-refractivity contribution in [2.45, 2.75) is 6.04 Å². The third-order valence-electron chi connectivity index (χ3n) is 4.35. The summed E-state index contributed by atoms with van der Waals surface area (Å²) in [7, 11) is 0. The lowest BCUT2D eigenvalue weighted by atomic mass is 10.1. The van der Waals surface area contributed by atoms with Gasteiger partial charge in [0, 0.05) is 25.3 Å². The highest BCUT2D eigenvalue weighted by molar-refractivity contribution is 5.94. The molecule has 1 aliphatic carbocycles. The molecule has 2 atom stereocenters. The molecule has 1 aliphatic heterocycles. The smallest absolute Gasteiger partial charge is 0.301 e. The van der Waals surface area contributed by atoms with Gasteiger partial charge in [-0.2, -0.15) is 0 Å². The molecule has 6 heteroatoms. The van der Waals surface area contributed by atoms with Crippen LogP contribution in [0.2, 0.25) is 0 Å². The predicted molar refractivity (Wildman–Crippen MR) is 75.7 cm³/mol. The molecule has 2 fully saturated rings. The highest BCUT2D eigenvalue weighted by Gasteiger charge is 2.53. The molecule has 0 amide bonds. The summed E-state index contributed by atoms with van der Waals surface area (Å²) in [6, 6.07) is 7.45. The molecule has 6 nitrogen and oxygen atoms in total. The zero-order valence-corrected chi connectivity index (χ0v) is 10.7. The Morgan fingerprint density at radius 1 is 1.30 bits per heavy atom. The van der Waals surface area contributed by atoms with E-state index in [0.717, 1.165) is 13.1 Å². The van der Waals surface area contributed by atoms with Crippen molar-refractivity contribution in [3.8, 4) is 0 Å². The second-order valence-electron chi connectivity index (χ2n) is 5.45. The molecule has 2 aromatic rings. The summed E-state index contributed by atoms with van der Waals surface area (Å²) >= 11 is 0. The van der Waals surface area contributed by atoms with Gasteiger partial charge in [0.25, 0.3) is 0 Å². The van der Waals surface area contributed by atoms with Gasteiger partial charge in [0.2, 0.25) is 0 Å². The predicted octanol–water partition coefficient (Wildman–Crippen LogP) is 1.77. The highest BCUT2D eigenvalue weighted by atomic mass is 16.6. The van der Waals surface area contributed by atoms with Gasteiger partial charge in [-0.15, -0.1) is 0 Å². The summed E-state index contributed by atoms with van der Waals surface area (Å²) in [5, 5.41) is 18.7. The number of fused-ring (bicyclic) bond motifs is 2. The van der Waals surface area contributed by atoms with Gasteiger partial charge in [0.1, 0.15) is 5.69 Å². The fourth-order valence-corrected chi connectivity index (χ4v) is 3.26. The molecule has 0 spiro atoms. The number of nitro groups is 1. The van der Waals surface area contributed by atoms with Gasteiger partial charge < -0.3 is 10.6 Å². The minimum Gasteiger partial charge on any atom is -0.376 e. The average molecular weight is 270 g/mol. The van der Waals surface area contributed by atoms with E-state index in [1.54, 1.807) is 24.4 Å². The van der Waals surface area contributed by atoms with Gasteiger partial charge in [0.05, 0.1) is 15.8 Å². The van der Waals surface area contributed by atoms with Gasteiger partial charge in [0.15, 0.2) is 0 Å². The van der Waals surface area contributed by atoms with Crippen molar-refractivity contribution in [2.75, 3.05) is 18.4 Å². The topological polar surface area (TPSA) is 80.1 Å². The lowest BCUT2D eigenvalue weighted by Gasteiger charge is -2.10. The number of pyridine rings is 1. The van der Waals surface area contributed by atoms with E-state index >= 15 is 0 Å². The Bertz CT molecular complexity index is 693. The van der Waals surface area contributed by atoms with Crippen LogP contribution in [0.25, 0.3) is 10.9 Å². The molecule has 1 saturated heterocycles. The molecule has 1 saturated carbocycles. The first-order chi connectivity index (χ1) is 9.75. The minimum atomic E-state index is -0.317. The maximum Gasteiger partial charge on any atom is 0.301 e. The molecule has 20 heavy (non-hydrogen) atoms. The molecule has 2 N–H and O–H groups in total. The van der Waals surface area contributed by atoms with Crippen molar-refractivity contribution in [1.82, 2.24) is 10.3 Å². The first-order valence-corrected chi connectivity index (χ1v) is 6.75. The van der Waals surface area contributed by atoms with Crippen LogP contribution in [-0.4, -0.2) is 29.0 Å². The number of aromatic nitrogens is 1. The van der Waals surface area contributed by atoms with E-state index in [0.29, 0.717) is 34.5 Å². The van der Waals surface area contributed by atoms with Crippen LogP contribution in [0.1, 0.15) is 0 Å². The van der Waals surface area contributed by atoms with Crippen LogP contribution in [0.3, 0.4) is 0 Å². The van der Waals surface area contributed by atoms with Crippen LogP contribution < -0.4 is 10.6 Å². The first-order valence-electron chi connectivity index (χ1n) is 6.75. The third-order valence-corrected chi connectivity index (χ3v) is 4.35. The molecule has 2 unspecified atom stereocenters. The molecule has 1 aromatic heterocycles. The van der Waals surface area contributed by atoms with E-state index in [1.807, 2.05) is 6.07 Å². The SMILES string of the molecule is O=[N+]([O-])c1c(NC2C3CNCC32)ccc2ncccc12. The third kappa shape index (κ3) is 1.65. The van der Waals surface area contributed by atoms with Crippen molar-refractivity contribution >= 4 is 22.3 Å². The van der Waals surface area contributed by atoms with Crippen molar-refractivity contribution in [2.24, 2.45) is 11.8 Å². The molecule has 1 aromatic carbocycles. The number of rotatable bonds is 3. The van der Waals surface area contributed by atoms with E-state index in [1.165, 1.54) is 0 Å². The number of anilines is 1. The first kappa shape index (κ1) is 11.6. The zero-order valence-electron chi connectivity index (χ0n) is 10.7. The maximum absolute atomic E-state index is 11.4. The van der Waals surface area contributed by atoms with E-state index < -0.39 is 0 Å². The van der Waals surface area contributed by atoms with Gasteiger partial charge in [-0.05, 0) is 36.1 Å². The summed E-state index contributed by atoms with van der Waals surface area (Å²) in [5.41, 5.74) is 1.39. The highest BCUT2D eigenvalue weighted by Crippen LogP contribution is 2.45. The molecule has 0 bridgehead atoms. The number of nitrogens with one attached hydrogen (secondary N) is 2. The van der Waals surface area contributed by atoms with Crippen LogP contribution in [-0.2, 0) is 0 Å². The summed E-state index contributed by atoms with van der Waals surface area (Å²) in [5.74, 6) is 1.22. The molecule has 4 rings (SSSR count). The molecule has 2 heterocycles. The van der Waals surface area contributed by atoms with Gasteiger partial charge >= 0.3 is 5.69 Å². The second-order valence-corrected chi connectivity index (χ2v) is 5.45. The van der Waals surface area contributed by atoms with E-state index in [9.17, 15) is 10.1 Å². The Kier molecular flexibility index (Phi) is 2.40. The van der Waals surface area contributed by atoms with E-state index in [2.05, 4.69) is 15.6 Å². The lowest BCUT2D eigenvalue weighted by Crippen LogP contribution is -2.21. The summed E-state index contributed by atoms with van der Waals surface area (Å²) in [6.07, 6.45) is 1.65. The maximum atomic E-state index is 11.4. The standard InChI is InChI=1S/C14H14N4O2/c19-18(20)14-8-2-1-5-16-11(8)3-4-12(14)17-13-9-6-15-7-10(9)13/h1-5,9-10,13,15,17H,6-7H2. The Balaban J connectivity index is 1.75. The second kappa shape index (κ2) is 4.14. The summed E-state index contributed by atoms with van der Waals surface area (Å²) in [6.45, 7) is 2.01. The quantitative estimate of drug-likeness (QED) is 0.656. The Hall–Kier alpha value is -2.21. The van der Waals surface area contributed by atoms with E-state index in [-0.39, 0.29) is 10.6 Å². The van der Waals surface area contributed by atoms with Crippen molar-refractivity contribution in [3.05, 3.63) is 40.6 Å². The normalized spacial score (nSPS) is 27.3. The Labute approximate surface area is 115 Å². The van der Waals surface area contributed by atoms with Gasteiger partial charge in [-0.1, -0.05) is 0 Å². The number of piperidine rings is 1. The number of hydrogen-bond acceptors (Lipinski definition) is 5. The van der Waals surface area contributed by atoms with Crippen LogP contribution in [0.15, 0.2) is 30.5 Å². The van der Waals surface area contributed by atoms with Crippen LogP contribution in [0.5, 0.6) is 0 Å². The molecule has 0 radical (unpaired) electrons. The van der Waals surface area contributed by atoms with Crippen LogP contribution in [0, 0.1) is 22.0 Å². The van der Waals surface area contributed by atoms with Gasteiger partial charge in [-0.3, -0.25) is 15.1 Å².